The zero-order chi connectivity index (χ0) is 15.4. The molecule has 3 unspecified atom stereocenters. The van der Waals surface area contributed by atoms with Gasteiger partial charge in [0.2, 0.25) is 0 Å². The van der Waals surface area contributed by atoms with E-state index in [4.69, 9.17) is 4.74 Å². The Bertz CT molecular complexity index is 632. The summed E-state index contributed by atoms with van der Waals surface area (Å²) < 4.78 is 6.21. The van der Waals surface area contributed by atoms with E-state index in [1.807, 2.05) is 13.8 Å². The topological polar surface area (TPSA) is 58.8 Å². The second-order valence-electron chi connectivity index (χ2n) is 7.42. The summed E-state index contributed by atoms with van der Waals surface area (Å²) in [5.41, 5.74) is 2.64. The molecule has 2 fully saturated rings. The molecule has 2 aliphatic carbocycles. The van der Waals surface area contributed by atoms with Crippen LogP contribution in [0.5, 0.6) is 5.88 Å². The fraction of sp³-hybridized carbons (Fsp3) is 0.706. The molecule has 2 bridgehead atoms. The number of nitriles is 1. The summed E-state index contributed by atoms with van der Waals surface area (Å²) in [6.45, 7) is 10.8. The van der Waals surface area contributed by atoms with Crippen LogP contribution in [-0.4, -0.2) is 16.3 Å². The van der Waals surface area contributed by atoms with Gasteiger partial charge in [-0.05, 0) is 50.0 Å². The van der Waals surface area contributed by atoms with Crippen LogP contribution in [-0.2, 0) is 0 Å². The number of ether oxygens (including phenoxy) is 1. The summed E-state index contributed by atoms with van der Waals surface area (Å²) in [5.74, 6) is 1.12. The maximum Gasteiger partial charge on any atom is 0.252 e. The third-order valence-electron chi connectivity index (χ3n) is 6.50. The first-order chi connectivity index (χ1) is 9.81. The van der Waals surface area contributed by atoms with Gasteiger partial charge in [0.15, 0.2) is 0 Å². The van der Waals surface area contributed by atoms with E-state index < -0.39 is 0 Å². The molecule has 2 saturated carbocycles. The Morgan fingerprint density at radius 2 is 1.95 bits per heavy atom. The van der Waals surface area contributed by atoms with Crippen LogP contribution in [0.15, 0.2) is 0 Å². The standard InChI is InChI=1S/C17H23N3O/c1-10-11(2)19-20-15(13(10)9-18)21-14-8-12-6-7-17(14,5)16(12,3)4/h12,14H,6-8H2,1-5H3. The first kappa shape index (κ1) is 14.3. The van der Waals surface area contributed by atoms with Crippen LogP contribution in [0.1, 0.15) is 56.9 Å². The molecule has 0 saturated heterocycles. The second-order valence-corrected chi connectivity index (χ2v) is 7.42. The van der Waals surface area contributed by atoms with Gasteiger partial charge in [0.1, 0.15) is 17.7 Å². The maximum atomic E-state index is 9.40. The van der Waals surface area contributed by atoms with Crippen LogP contribution in [0.2, 0.25) is 0 Å². The summed E-state index contributed by atoms with van der Waals surface area (Å²) in [6.07, 6.45) is 3.67. The number of rotatable bonds is 2. The van der Waals surface area contributed by atoms with E-state index in [0.29, 0.717) is 17.4 Å². The molecule has 4 heteroatoms. The van der Waals surface area contributed by atoms with Crippen molar-refractivity contribution in [2.75, 3.05) is 0 Å². The highest BCUT2D eigenvalue weighted by atomic mass is 16.5. The van der Waals surface area contributed by atoms with E-state index in [9.17, 15) is 5.26 Å². The van der Waals surface area contributed by atoms with E-state index in [0.717, 1.165) is 17.7 Å². The van der Waals surface area contributed by atoms with Crippen molar-refractivity contribution in [2.45, 2.75) is 60.0 Å². The summed E-state index contributed by atoms with van der Waals surface area (Å²) in [7, 11) is 0. The molecule has 3 atom stereocenters. The molecule has 1 aromatic rings. The molecule has 2 aliphatic rings. The van der Waals surface area contributed by atoms with Gasteiger partial charge in [0.05, 0.1) is 5.69 Å². The third kappa shape index (κ3) is 1.79. The van der Waals surface area contributed by atoms with Gasteiger partial charge in [-0.3, -0.25) is 0 Å². The van der Waals surface area contributed by atoms with Crippen molar-refractivity contribution in [3.8, 4) is 11.9 Å². The fourth-order valence-corrected chi connectivity index (χ4v) is 4.24. The van der Waals surface area contributed by atoms with Crippen molar-refractivity contribution in [3.05, 3.63) is 16.8 Å². The first-order valence-electron chi connectivity index (χ1n) is 7.72. The van der Waals surface area contributed by atoms with Gasteiger partial charge in [-0.2, -0.15) is 10.4 Å². The van der Waals surface area contributed by atoms with Gasteiger partial charge < -0.3 is 4.74 Å². The highest BCUT2D eigenvalue weighted by Gasteiger charge is 2.62. The molecule has 112 valence electrons. The zero-order valence-corrected chi connectivity index (χ0v) is 13.5. The number of nitrogens with zero attached hydrogens (tertiary/aromatic N) is 3. The predicted octanol–water partition coefficient (Wildman–Crippen LogP) is 3.56. The van der Waals surface area contributed by atoms with Crippen molar-refractivity contribution in [1.82, 2.24) is 10.2 Å². The predicted molar refractivity (Wildman–Crippen MR) is 79.9 cm³/mol. The summed E-state index contributed by atoms with van der Waals surface area (Å²) in [4.78, 5) is 0. The summed E-state index contributed by atoms with van der Waals surface area (Å²) >= 11 is 0. The Balaban J connectivity index is 1.93. The Morgan fingerprint density at radius 3 is 2.48 bits per heavy atom. The average molecular weight is 285 g/mol. The molecule has 0 radical (unpaired) electrons. The normalized spacial score (nSPS) is 33.0. The number of hydrogen-bond donors (Lipinski definition) is 0. The molecule has 3 rings (SSSR count). The van der Waals surface area contributed by atoms with Crippen molar-refractivity contribution < 1.29 is 4.74 Å². The Kier molecular flexibility index (Phi) is 3.02. The van der Waals surface area contributed by atoms with E-state index in [1.54, 1.807) is 0 Å². The fourth-order valence-electron chi connectivity index (χ4n) is 4.24. The van der Waals surface area contributed by atoms with Crippen molar-refractivity contribution in [2.24, 2.45) is 16.7 Å². The lowest BCUT2D eigenvalue weighted by molar-refractivity contribution is 0.0264. The second kappa shape index (κ2) is 4.43. The highest BCUT2D eigenvalue weighted by Crippen LogP contribution is 2.66. The molecule has 21 heavy (non-hydrogen) atoms. The molecule has 0 amide bonds. The smallest absolute Gasteiger partial charge is 0.252 e. The maximum absolute atomic E-state index is 9.40. The summed E-state index contributed by atoms with van der Waals surface area (Å²) in [5, 5.41) is 17.7. The number of hydrogen-bond acceptors (Lipinski definition) is 4. The third-order valence-corrected chi connectivity index (χ3v) is 6.50. The van der Waals surface area contributed by atoms with E-state index in [1.165, 1.54) is 12.8 Å². The summed E-state index contributed by atoms with van der Waals surface area (Å²) in [6, 6.07) is 2.23. The van der Waals surface area contributed by atoms with Crippen LogP contribution in [0.4, 0.5) is 0 Å². The molecule has 0 spiro atoms. The molecule has 4 nitrogen and oxygen atoms in total. The minimum atomic E-state index is 0.134. The lowest BCUT2D eigenvalue weighted by Gasteiger charge is -2.38. The van der Waals surface area contributed by atoms with Gasteiger partial charge in [-0.1, -0.05) is 20.8 Å². The minimum Gasteiger partial charge on any atom is -0.472 e. The molecule has 0 N–H and O–H groups in total. The number of aryl methyl sites for hydroxylation is 1. The van der Waals surface area contributed by atoms with Crippen molar-refractivity contribution in [1.29, 1.82) is 5.26 Å². The molecular weight excluding hydrogens is 262 g/mol. The van der Waals surface area contributed by atoms with Crippen molar-refractivity contribution in [3.63, 3.8) is 0 Å². The van der Waals surface area contributed by atoms with Crippen LogP contribution >= 0.6 is 0 Å². The van der Waals surface area contributed by atoms with Gasteiger partial charge >= 0.3 is 0 Å². The molecule has 0 aliphatic heterocycles. The zero-order valence-electron chi connectivity index (χ0n) is 13.5. The van der Waals surface area contributed by atoms with Crippen LogP contribution in [0.25, 0.3) is 0 Å². The average Bonchev–Trinajstić information content (AvgIpc) is 2.76. The first-order valence-corrected chi connectivity index (χ1v) is 7.72. The van der Waals surface area contributed by atoms with Gasteiger partial charge in [-0.25, -0.2) is 0 Å². The number of aromatic nitrogens is 2. The SMILES string of the molecule is Cc1nnc(OC2CC3CCC2(C)C3(C)C)c(C#N)c1C. The Morgan fingerprint density at radius 1 is 1.24 bits per heavy atom. The van der Waals surface area contributed by atoms with Gasteiger partial charge in [0, 0.05) is 5.41 Å². The van der Waals surface area contributed by atoms with Gasteiger partial charge in [0.25, 0.3) is 5.88 Å². The van der Waals surface area contributed by atoms with E-state index >= 15 is 0 Å². The van der Waals surface area contributed by atoms with Crippen LogP contribution < -0.4 is 4.74 Å². The molecule has 0 aromatic carbocycles. The molecular formula is C17H23N3O. The lowest BCUT2D eigenvalue weighted by atomic mass is 9.70. The quantitative estimate of drug-likeness (QED) is 0.833. The lowest BCUT2D eigenvalue weighted by Crippen LogP contribution is -2.39. The largest absolute Gasteiger partial charge is 0.472 e. The minimum absolute atomic E-state index is 0.134. The number of fused-ring (bicyclic) bond motifs is 2. The molecule has 1 aromatic heterocycles. The highest BCUT2D eigenvalue weighted by molar-refractivity contribution is 5.45. The molecule has 1 heterocycles. The van der Waals surface area contributed by atoms with Gasteiger partial charge in [-0.15, -0.1) is 5.10 Å². The van der Waals surface area contributed by atoms with Crippen LogP contribution in [0, 0.1) is 41.9 Å². The van der Waals surface area contributed by atoms with Crippen molar-refractivity contribution >= 4 is 0 Å². The van der Waals surface area contributed by atoms with E-state index in [-0.39, 0.29) is 16.9 Å². The Labute approximate surface area is 126 Å². The monoisotopic (exact) mass is 285 g/mol. The van der Waals surface area contributed by atoms with Crippen LogP contribution in [0.3, 0.4) is 0 Å². The van der Waals surface area contributed by atoms with E-state index in [2.05, 4.69) is 37.0 Å². The Hall–Kier alpha value is -1.63.